The number of hydrogen-bond donors (Lipinski definition) is 1. The minimum Gasteiger partial charge on any atom is -0.438 e. The van der Waals surface area contributed by atoms with Crippen LogP contribution in [-0.4, -0.2) is 11.5 Å². The lowest BCUT2D eigenvalue weighted by Crippen LogP contribution is -2.18. The van der Waals surface area contributed by atoms with Crippen LogP contribution in [0.2, 0.25) is 0 Å². The van der Waals surface area contributed by atoms with Crippen LogP contribution < -0.4 is 5.32 Å². The molecule has 92 valence electrons. The van der Waals surface area contributed by atoms with Gasteiger partial charge in [0.25, 0.3) is 0 Å². The van der Waals surface area contributed by atoms with E-state index in [0.29, 0.717) is 12.5 Å². The quantitative estimate of drug-likeness (QED) is 0.909. The van der Waals surface area contributed by atoms with Gasteiger partial charge in [-0.1, -0.05) is 13.8 Å². The van der Waals surface area contributed by atoms with Crippen molar-refractivity contribution in [2.24, 2.45) is 5.92 Å². The summed E-state index contributed by atoms with van der Waals surface area (Å²) in [5.74, 6) is 2.20. The maximum Gasteiger partial charge on any atom is 0.208 e. The maximum atomic E-state index is 5.70. The third-order valence-electron chi connectivity index (χ3n) is 2.22. The van der Waals surface area contributed by atoms with Gasteiger partial charge in [-0.3, -0.25) is 0 Å². The van der Waals surface area contributed by atoms with Crippen molar-refractivity contribution in [3.8, 4) is 10.6 Å². The lowest BCUT2D eigenvalue weighted by atomic mass is 10.2. The molecule has 0 aromatic carbocycles. The third-order valence-corrected chi connectivity index (χ3v) is 4.08. The molecule has 5 heteroatoms. The molecule has 0 fully saturated rings. The highest BCUT2D eigenvalue weighted by molar-refractivity contribution is 9.10. The SMILES string of the molecule is CC(C)CNCc1ncc(-c2sccc2Br)o1. The van der Waals surface area contributed by atoms with E-state index in [1.807, 2.05) is 11.4 Å². The van der Waals surface area contributed by atoms with Crippen molar-refractivity contribution in [3.63, 3.8) is 0 Å². The number of nitrogens with zero attached hydrogens (tertiary/aromatic N) is 1. The van der Waals surface area contributed by atoms with E-state index in [-0.39, 0.29) is 0 Å². The number of aromatic nitrogens is 1. The first-order valence-corrected chi connectivity index (χ1v) is 7.23. The van der Waals surface area contributed by atoms with Crippen molar-refractivity contribution in [1.82, 2.24) is 10.3 Å². The van der Waals surface area contributed by atoms with Crippen molar-refractivity contribution in [2.45, 2.75) is 20.4 Å². The second-order valence-electron chi connectivity index (χ2n) is 4.24. The number of thiophene rings is 1. The van der Waals surface area contributed by atoms with Crippen LogP contribution in [0.4, 0.5) is 0 Å². The molecular weight excluding hydrogens is 300 g/mol. The van der Waals surface area contributed by atoms with E-state index >= 15 is 0 Å². The zero-order chi connectivity index (χ0) is 12.3. The Hall–Kier alpha value is -0.650. The normalized spacial score (nSPS) is 11.3. The van der Waals surface area contributed by atoms with E-state index in [9.17, 15) is 0 Å². The second-order valence-corrected chi connectivity index (χ2v) is 6.01. The number of oxazole rings is 1. The Kier molecular flexibility index (Phi) is 4.36. The summed E-state index contributed by atoms with van der Waals surface area (Å²) in [6.45, 7) is 6.01. The van der Waals surface area contributed by atoms with Crippen LogP contribution in [0.5, 0.6) is 0 Å². The van der Waals surface area contributed by atoms with Gasteiger partial charge in [0.2, 0.25) is 5.89 Å². The van der Waals surface area contributed by atoms with Crippen LogP contribution in [0.15, 0.2) is 26.5 Å². The first kappa shape index (κ1) is 12.8. The van der Waals surface area contributed by atoms with Crippen LogP contribution in [-0.2, 0) is 6.54 Å². The van der Waals surface area contributed by atoms with Gasteiger partial charge in [-0.15, -0.1) is 11.3 Å². The number of rotatable bonds is 5. The van der Waals surface area contributed by atoms with Crippen LogP contribution in [0.1, 0.15) is 19.7 Å². The Morgan fingerprint density at radius 1 is 1.53 bits per heavy atom. The molecule has 0 aliphatic rings. The summed E-state index contributed by atoms with van der Waals surface area (Å²) in [4.78, 5) is 5.36. The molecule has 0 bridgehead atoms. The molecule has 0 atom stereocenters. The first-order valence-electron chi connectivity index (χ1n) is 5.55. The molecule has 0 spiro atoms. The highest BCUT2D eigenvalue weighted by atomic mass is 79.9. The standard InChI is InChI=1S/C12H15BrN2OS/c1-8(2)5-14-7-11-15-6-10(16-11)12-9(13)3-4-17-12/h3-4,6,8,14H,5,7H2,1-2H3. The second kappa shape index (κ2) is 5.80. The fourth-order valence-electron chi connectivity index (χ4n) is 1.43. The van der Waals surface area contributed by atoms with E-state index in [1.54, 1.807) is 17.5 Å². The Morgan fingerprint density at radius 2 is 2.35 bits per heavy atom. The van der Waals surface area contributed by atoms with E-state index < -0.39 is 0 Å². The molecular formula is C12H15BrN2OS. The molecule has 1 N–H and O–H groups in total. The van der Waals surface area contributed by atoms with Crippen molar-refractivity contribution < 1.29 is 4.42 Å². The summed E-state index contributed by atoms with van der Waals surface area (Å²) in [5.41, 5.74) is 0. The zero-order valence-electron chi connectivity index (χ0n) is 9.87. The van der Waals surface area contributed by atoms with Crippen LogP contribution in [0.25, 0.3) is 10.6 Å². The summed E-state index contributed by atoms with van der Waals surface area (Å²) < 4.78 is 6.75. The van der Waals surface area contributed by atoms with Gasteiger partial charge >= 0.3 is 0 Å². The predicted molar refractivity (Wildman–Crippen MR) is 74.1 cm³/mol. The van der Waals surface area contributed by atoms with Gasteiger partial charge in [0.1, 0.15) is 0 Å². The Labute approximate surface area is 113 Å². The van der Waals surface area contributed by atoms with Crippen LogP contribution in [0, 0.1) is 5.92 Å². The number of halogens is 1. The minimum atomic E-state index is 0.635. The molecule has 2 aromatic rings. The van der Waals surface area contributed by atoms with Crippen molar-refractivity contribution in [3.05, 3.63) is 28.0 Å². The molecule has 0 aliphatic heterocycles. The molecule has 17 heavy (non-hydrogen) atoms. The molecule has 2 heterocycles. The average molecular weight is 315 g/mol. The lowest BCUT2D eigenvalue weighted by Gasteiger charge is -2.04. The van der Waals surface area contributed by atoms with E-state index in [4.69, 9.17) is 4.42 Å². The monoisotopic (exact) mass is 314 g/mol. The van der Waals surface area contributed by atoms with E-state index in [1.165, 1.54) is 0 Å². The highest BCUT2D eigenvalue weighted by Crippen LogP contribution is 2.33. The minimum absolute atomic E-state index is 0.635. The van der Waals surface area contributed by atoms with E-state index in [0.717, 1.165) is 27.5 Å². The molecule has 0 aliphatic carbocycles. The van der Waals surface area contributed by atoms with Gasteiger partial charge in [0, 0.05) is 4.47 Å². The molecule has 0 amide bonds. The molecule has 0 radical (unpaired) electrons. The summed E-state index contributed by atoms with van der Waals surface area (Å²) in [6.07, 6.45) is 1.78. The number of hydrogen-bond acceptors (Lipinski definition) is 4. The van der Waals surface area contributed by atoms with Crippen molar-refractivity contribution >= 4 is 27.3 Å². The highest BCUT2D eigenvalue weighted by Gasteiger charge is 2.10. The fourth-order valence-corrected chi connectivity index (χ4v) is 2.95. The third kappa shape index (κ3) is 3.40. The van der Waals surface area contributed by atoms with Crippen LogP contribution in [0.3, 0.4) is 0 Å². The van der Waals surface area contributed by atoms with E-state index in [2.05, 4.69) is 40.1 Å². The summed E-state index contributed by atoms with van der Waals surface area (Å²) in [6, 6.07) is 2.01. The zero-order valence-corrected chi connectivity index (χ0v) is 12.3. The maximum absolute atomic E-state index is 5.70. The summed E-state index contributed by atoms with van der Waals surface area (Å²) in [7, 11) is 0. The number of nitrogens with one attached hydrogen (secondary N) is 1. The molecule has 0 saturated carbocycles. The Balaban J connectivity index is 1.99. The Bertz CT molecular complexity index is 478. The van der Waals surface area contributed by atoms with Gasteiger partial charge in [-0.2, -0.15) is 0 Å². The smallest absolute Gasteiger partial charge is 0.208 e. The summed E-state index contributed by atoms with van der Waals surface area (Å²) in [5, 5.41) is 5.34. The molecule has 0 unspecified atom stereocenters. The van der Waals surface area contributed by atoms with Crippen LogP contribution >= 0.6 is 27.3 Å². The fraction of sp³-hybridized carbons (Fsp3) is 0.417. The molecule has 3 nitrogen and oxygen atoms in total. The van der Waals surface area contributed by atoms with Crippen molar-refractivity contribution in [2.75, 3.05) is 6.54 Å². The molecule has 2 rings (SSSR count). The van der Waals surface area contributed by atoms with Gasteiger partial charge in [-0.25, -0.2) is 4.98 Å². The van der Waals surface area contributed by atoms with Gasteiger partial charge in [0.05, 0.1) is 17.6 Å². The average Bonchev–Trinajstić information content (AvgIpc) is 2.86. The van der Waals surface area contributed by atoms with Gasteiger partial charge < -0.3 is 9.73 Å². The topological polar surface area (TPSA) is 38.1 Å². The van der Waals surface area contributed by atoms with Gasteiger partial charge in [-0.05, 0) is 39.8 Å². The summed E-state index contributed by atoms with van der Waals surface area (Å²) >= 11 is 5.13. The van der Waals surface area contributed by atoms with Crippen molar-refractivity contribution in [1.29, 1.82) is 0 Å². The Morgan fingerprint density at radius 3 is 3.00 bits per heavy atom. The molecule has 0 saturated heterocycles. The lowest BCUT2D eigenvalue weighted by molar-refractivity contribution is 0.459. The first-order chi connectivity index (χ1) is 8.16. The molecule has 2 aromatic heterocycles. The largest absolute Gasteiger partial charge is 0.438 e. The van der Waals surface area contributed by atoms with Gasteiger partial charge in [0.15, 0.2) is 5.76 Å². The predicted octanol–water partition coefficient (Wildman–Crippen LogP) is 3.91.